The summed E-state index contributed by atoms with van der Waals surface area (Å²) in [5, 5.41) is 16.3. The number of benzene rings is 1. The van der Waals surface area contributed by atoms with Crippen molar-refractivity contribution in [2.24, 2.45) is 0 Å². The lowest BCUT2D eigenvalue weighted by atomic mass is 10.2. The molecule has 2 heterocycles. The maximum atomic E-state index is 9.30. The van der Waals surface area contributed by atoms with E-state index in [9.17, 15) is 5.11 Å². The summed E-state index contributed by atoms with van der Waals surface area (Å²) in [7, 11) is 0. The van der Waals surface area contributed by atoms with E-state index in [-0.39, 0.29) is 12.6 Å². The molecule has 0 bridgehead atoms. The van der Waals surface area contributed by atoms with Crippen LogP contribution in [-0.2, 0) is 0 Å². The molecule has 0 saturated heterocycles. The van der Waals surface area contributed by atoms with E-state index in [1.807, 2.05) is 56.3 Å². The smallest absolute Gasteiger partial charge is 0.225 e. The summed E-state index contributed by atoms with van der Waals surface area (Å²) >= 11 is 6.32. The molecule has 0 aliphatic rings. The highest BCUT2D eigenvalue weighted by Gasteiger charge is 2.12. The van der Waals surface area contributed by atoms with Crippen molar-refractivity contribution in [3.8, 4) is 11.4 Å². The molecule has 0 spiro atoms. The van der Waals surface area contributed by atoms with E-state index in [1.54, 1.807) is 6.20 Å². The van der Waals surface area contributed by atoms with Gasteiger partial charge in [0.2, 0.25) is 5.95 Å². The van der Waals surface area contributed by atoms with E-state index >= 15 is 0 Å². The summed E-state index contributed by atoms with van der Waals surface area (Å²) in [6.45, 7) is 3.80. The summed E-state index contributed by atoms with van der Waals surface area (Å²) in [4.78, 5) is 13.4. The Hall–Kier alpha value is -2.70. The van der Waals surface area contributed by atoms with Gasteiger partial charge in [0.1, 0.15) is 5.82 Å². The third-order valence-corrected chi connectivity index (χ3v) is 4.09. The highest BCUT2D eigenvalue weighted by Crippen LogP contribution is 2.29. The van der Waals surface area contributed by atoms with E-state index in [4.69, 9.17) is 11.6 Å². The van der Waals surface area contributed by atoms with Crippen LogP contribution in [0.5, 0.6) is 0 Å². The number of aryl methyl sites for hydroxylation is 1. The summed E-state index contributed by atoms with van der Waals surface area (Å²) in [5.74, 6) is 0.992. The second-order valence-corrected chi connectivity index (χ2v) is 6.37. The predicted octanol–water partition coefficient (Wildman–Crippen LogP) is 4.04. The molecule has 7 heteroatoms. The highest BCUT2D eigenvalue weighted by molar-refractivity contribution is 6.33. The topological polar surface area (TPSA) is 83.0 Å². The number of aromatic nitrogens is 3. The van der Waals surface area contributed by atoms with Crippen molar-refractivity contribution >= 4 is 29.1 Å². The van der Waals surface area contributed by atoms with Gasteiger partial charge < -0.3 is 15.7 Å². The fourth-order valence-corrected chi connectivity index (χ4v) is 2.67. The number of para-hydroxylation sites is 1. The molecule has 0 radical (unpaired) electrons. The molecular formula is C19H20ClN5O. The Bertz CT molecular complexity index is 868. The molecule has 1 aromatic carbocycles. The number of hydrogen-bond donors (Lipinski definition) is 3. The van der Waals surface area contributed by atoms with E-state index in [1.165, 1.54) is 0 Å². The van der Waals surface area contributed by atoms with Crippen LogP contribution in [0, 0.1) is 6.92 Å². The first-order valence-electron chi connectivity index (χ1n) is 8.27. The first kappa shape index (κ1) is 18.1. The van der Waals surface area contributed by atoms with Crippen molar-refractivity contribution in [2.75, 3.05) is 17.2 Å². The molecule has 3 aromatic rings. The van der Waals surface area contributed by atoms with Crippen molar-refractivity contribution in [1.82, 2.24) is 15.0 Å². The molecule has 1 atom stereocenters. The van der Waals surface area contributed by atoms with Crippen LogP contribution in [0.3, 0.4) is 0 Å². The van der Waals surface area contributed by atoms with Crippen LogP contribution in [-0.4, -0.2) is 32.7 Å². The molecule has 3 N–H and O–H groups in total. The van der Waals surface area contributed by atoms with Gasteiger partial charge in [-0.3, -0.25) is 4.98 Å². The lowest BCUT2D eigenvalue weighted by Gasteiger charge is -2.15. The summed E-state index contributed by atoms with van der Waals surface area (Å²) in [6.07, 6.45) is 1.71. The van der Waals surface area contributed by atoms with Gasteiger partial charge in [-0.05, 0) is 37.6 Å². The van der Waals surface area contributed by atoms with Crippen molar-refractivity contribution in [3.05, 3.63) is 59.2 Å². The largest absolute Gasteiger partial charge is 0.394 e. The Morgan fingerprint density at radius 2 is 1.96 bits per heavy atom. The quantitative estimate of drug-likeness (QED) is 0.608. The molecule has 0 saturated carbocycles. The van der Waals surface area contributed by atoms with Crippen LogP contribution < -0.4 is 10.6 Å². The minimum Gasteiger partial charge on any atom is -0.394 e. The van der Waals surface area contributed by atoms with E-state index < -0.39 is 0 Å². The zero-order valence-corrected chi connectivity index (χ0v) is 15.3. The maximum Gasteiger partial charge on any atom is 0.225 e. The molecule has 134 valence electrons. The van der Waals surface area contributed by atoms with E-state index in [0.29, 0.717) is 22.5 Å². The normalized spacial score (nSPS) is 11.8. The van der Waals surface area contributed by atoms with Gasteiger partial charge in [-0.2, -0.15) is 4.98 Å². The minimum atomic E-state index is -0.177. The van der Waals surface area contributed by atoms with Gasteiger partial charge in [0.25, 0.3) is 0 Å². The van der Waals surface area contributed by atoms with Crippen molar-refractivity contribution < 1.29 is 5.11 Å². The number of hydrogen-bond acceptors (Lipinski definition) is 6. The van der Waals surface area contributed by atoms with Crippen molar-refractivity contribution in [2.45, 2.75) is 19.9 Å². The number of rotatable bonds is 6. The number of nitrogens with one attached hydrogen (secondary N) is 2. The zero-order valence-electron chi connectivity index (χ0n) is 14.6. The lowest BCUT2D eigenvalue weighted by Crippen LogP contribution is -2.21. The fraction of sp³-hybridized carbons (Fsp3) is 0.211. The SMILES string of the molecule is Cc1cccc(Cl)c1Nc1cc(-c2ccccn2)nc(N[C@H](C)CO)n1. The number of nitrogens with zero attached hydrogens (tertiary/aromatic N) is 3. The molecule has 2 aromatic heterocycles. The molecule has 0 aliphatic heterocycles. The standard InChI is InChI=1S/C19H20ClN5O/c1-12-6-5-7-14(20)18(12)24-17-10-16(15-8-3-4-9-21-15)23-19(25-17)22-13(2)11-26/h3-10,13,26H,11H2,1-2H3,(H2,22,23,24,25)/t13-/m1/s1. The zero-order chi connectivity index (χ0) is 18.5. The van der Waals surface area contributed by atoms with Crippen molar-refractivity contribution in [3.63, 3.8) is 0 Å². The van der Waals surface area contributed by atoms with Gasteiger partial charge in [-0.1, -0.05) is 29.8 Å². The van der Waals surface area contributed by atoms with Crippen LogP contribution in [0.25, 0.3) is 11.4 Å². The van der Waals surface area contributed by atoms with Gasteiger partial charge in [-0.15, -0.1) is 0 Å². The van der Waals surface area contributed by atoms with Crippen LogP contribution in [0.4, 0.5) is 17.5 Å². The highest BCUT2D eigenvalue weighted by atomic mass is 35.5. The third-order valence-electron chi connectivity index (χ3n) is 3.78. The summed E-state index contributed by atoms with van der Waals surface area (Å²) in [5.41, 5.74) is 3.20. The Balaban J connectivity index is 2.02. The first-order chi connectivity index (χ1) is 12.6. The number of aliphatic hydroxyl groups excluding tert-OH is 1. The lowest BCUT2D eigenvalue weighted by molar-refractivity contribution is 0.281. The van der Waals surface area contributed by atoms with Gasteiger partial charge in [0.05, 0.1) is 28.7 Å². The minimum absolute atomic E-state index is 0.0242. The Kier molecular flexibility index (Phi) is 5.65. The van der Waals surface area contributed by atoms with Gasteiger partial charge in [0, 0.05) is 18.3 Å². The second-order valence-electron chi connectivity index (χ2n) is 5.96. The Morgan fingerprint density at radius 3 is 2.65 bits per heavy atom. The Morgan fingerprint density at radius 1 is 1.12 bits per heavy atom. The van der Waals surface area contributed by atoms with Crippen LogP contribution in [0.2, 0.25) is 5.02 Å². The molecule has 0 amide bonds. The first-order valence-corrected chi connectivity index (χ1v) is 8.64. The van der Waals surface area contributed by atoms with Crippen molar-refractivity contribution in [1.29, 1.82) is 0 Å². The second kappa shape index (κ2) is 8.12. The number of aliphatic hydroxyl groups is 1. The van der Waals surface area contributed by atoms with Gasteiger partial charge in [0.15, 0.2) is 0 Å². The molecule has 3 rings (SSSR count). The van der Waals surface area contributed by atoms with Gasteiger partial charge in [-0.25, -0.2) is 4.98 Å². The number of pyridine rings is 1. The van der Waals surface area contributed by atoms with Gasteiger partial charge >= 0.3 is 0 Å². The Labute approximate surface area is 157 Å². The molecule has 0 aliphatic carbocycles. The average Bonchev–Trinajstić information content (AvgIpc) is 2.65. The molecule has 0 fully saturated rings. The molecule has 6 nitrogen and oxygen atoms in total. The molecular weight excluding hydrogens is 350 g/mol. The number of anilines is 3. The van der Waals surface area contributed by atoms with E-state index in [2.05, 4.69) is 25.6 Å². The average molecular weight is 370 g/mol. The van der Waals surface area contributed by atoms with Crippen LogP contribution in [0.1, 0.15) is 12.5 Å². The maximum absolute atomic E-state index is 9.30. The summed E-state index contributed by atoms with van der Waals surface area (Å²) < 4.78 is 0. The molecule has 26 heavy (non-hydrogen) atoms. The van der Waals surface area contributed by atoms with Crippen LogP contribution in [0.15, 0.2) is 48.7 Å². The van der Waals surface area contributed by atoms with E-state index in [0.717, 1.165) is 16.9 Å². The number of halogens is 1. The fourth-order valence-electron chi connectivity index (χ4n) is 2.41. The third kappa shape index (κ3) is 4.28. The summed E-state index contributed by atoms with van der Waals surface area (Å²) in [6, 6.07) is 13.0. The predicted molar refractivity (Wildman–Crippen MR) is 105 cm³/mol. The molecule has 0 unspecified atom stereocenters. The van der Waals surface area contributed by atoms with Crippen LogP contribution >= 0.6 is 11.6 Å². The monoisotopic (exact) mass is 369 g/mol.